The van der Waals surface area contributed by atoms with Crippen molar-refractivity contribution in [1.29, 1.82) is 0 Å². The Morgan fingerprint density at radius 2 is 1.94 bits per heavy atom. The molecule has 0 radical (unpaired) electrons. The van der Waals surface area contributed by atoms with Gasteiger partial charge in [0.05, 0.1) is 5.75 Å². The van der Waals surface area contributed by atoms with Gasteiger partial charge in [-0.3, -0.25) is 9.36 Å². The van der Waals surface area contributed by atoms with E-state index in [0.29, 0.717) is 16.9 Å². The van der Waals surface area contributed by atoms with E-state index in [0.717, 1.165) is 28.7 Å². The van der Waals surface area contributed by atoms with Gasteiger partial charge in [-0.25, -0.2) is 4.39 Å². The summed E-state index contributed by atoms with van der Waals surface area (Å²) in [6, 6.07) is 12.6. The van der Waals surface area contributed by atoms with Gasteiger partial charge in [-0.2, -0.15) is 0 Å². The highest BCUT2D eigenvalue weighted by Gasteiger charge is 2.43. The minimum Gasteiger partial charge on any atom is -0.483 e. The molecule has 2 fully saturated rings. The average Bonchev–Trinajstić information content (AvgIpc) is 3.57. The van der Waals surface area contributed by atoms with E-state index < -0.39 is 5.82 Å². The summed E-state index contributed by atoms with van der Waals surface area (Å²) < 4.78 is 22.0. The van der Waals surface area contributed by atoms with Crippen LogP contribution in [-0.2, 0) is 11.4 Å². The van der Waals surface area contributed by atoms with Crippen LogP contribution < -0.4 is 10.1 Å². The Morgan fingerprint density at radius 1 is 1.17 bits per heavy atom. The second kappa shape index (κ2) is 10.6. The van der Waals surface area contributed by atoms with E-state index in [4.69, 9.17) is 4.74 Å². The number of benzene rings is 2. The SMILES string of the molecule is Cc1cc(C)cc(NC(=O)CSc2nnc(COc3ccccc3F)n2[C@H](C)[C@@H]2C[C@H]3CC[C@H]2C3)c1. The lowest BCUT2D eigenvalue weighted by Gasteiger charge is -2.30. The summed E-state index contributed by atoms with van der Waals surface area (Å²) in [6.07, 6.45) is 5.14. The molecule has 1 heterocycles. The summed E-state index contributed by atoms with van der Waals surface area (Å²) in [5.74, 6) is 2.68. The lowest BCUT2D eigenvalue weighted by Crippen LogP contribution is -2.25. The second-order valence-corrected chi connectivity index (χ2v) is 11.2. The van der Waals surface area contributed by atoms with Crippen molar-refractivity contribution in [3.63, 3.8) is 0 Å². The molecule has 4 atom stereocenters. The highest BCUT2D eigenvalue weighted by Crippen LogP contribution is 2.52. The summed E-state index contributed by atoms with van der Waals surface area (Å²) in [6.45, 7) is 6.37. The number of para-hydroxylation sites is 1. The molecule has 6 nitrogen and oxygen atoms in total. The normalized spacial score (nSPS) is 21.5. The van der Waals surface area contributed by atoms with Crippen molar-refractivity contribution < 1.29 is 13.9 Å². The Kier molecular flexibility index (Phi) is 7.32. The number of aromatic nitrogens is 3. The van der Waals surface area contributed by atoms with E-state index in [1.165, 1.54) is 43.5 Å². The van der Waals surface area contributed by atoms with Crippen molar-refractivity contribution >= 4 is 23.4 Å². The molecule has 5 rings (SSSR count). The van der Waals surface area contributed by atoms with Crippen LogP contribution in [0.15, 0.2) is 47.6 Å². The van der Waals surface area contributed by atoms with Gasteiger partial charge in [-0.05, 0) is 93.2 Å². The number of halogens is 1. The maximum absolute atomic E-state index is 14.1. The highest BCUT2D eigenvalue weighted by atomic mass is 32.2. The average molecular weight is 509 g/mol. The van der Waals surface area contributed by atoms with E-state index in [1.54, 1.807) is 18.2 Å². The predicted octanol–water partition coefficient (Wildman–Crippen LogP) is 6.34. The molecule has 2 aliphatic carbocycles. The first-order valence-corrected chi connectivity index (χ1v) is 13.7. The van der Waals surface area contributed by atoms with E-state index in [1.807, 2.05) is 26.0 Å². The van der Waals surface area contributed by atoms with Gasteiger partial charge >= 0.3 is 0 Å². The van der Waals surface area contributed by atoms with Gasteiger partial charge in [0.1, 0.15) is 6.61 Å². The second-order valence-electron chi connectivity index (χ2n) is 10.3. The Balaban J connectivity index is 1.32. The first-order chi connectivity index (χ1) is 17.4. The molecule has 0 spiro atoms. The van der Waals surface area contributed by atoms with Gasteiger partial charge in [0.15, 0.2) is 22.5 Å². The molecule has 2 saturated carbocycles. The molecule has 0 aliphatic heterocycles. The summed E-state index contributed by atoms with van der Waals surface area (Å²) in [7, 11) is 0. The molecule has 8 heteroatoms. The standard InChI is InChI=1S/C28H33FN4O2S/c1-17-10-18(2)12-22(11-17)30-27(34)16-36-28-32-31-26(15-35-25-7-5-4-6-24(25)29)33(28)19(3)23-14-20-8-9-21(23)13-20/h4-7,10-12,19-21,23H,8-9,13-16H2,1-3H3,(H,30,34)/t19-,20+,21+,23+/m1/s1. The van der Waals surface area contributed by atoms with Crippen LogP contribution in [-0.4, -0.2) is 26.4 Å². The molecule has 36 heavy (non-hydrogen) atoms. The smallest absolute Gasteiger partial charge is 0.234 e. The third-order valence-corrected chi connectivity index (χ3v) is 8.53. The minimum atomic E-state index is -0.401. The van der Waals surface area contributed by atoms with E-state index in [2.05, 4.69) is 33.1 Å². The van der Waals surface area contributed by atoms with Crippen molar-refractivity contribution in [3.8, 4) is 5.75 Å². The lowest BCUT2D eigenvalue weighted by molar-refractivity contribution is -0.113. The van der Waals surface area contributed by atoms with Crippen LogP contribution in [0.5, 0.6) is 5.75 Å². The van der Waals surface area contributed by atoms with Crippen molar-refractivity contribution in [2.75, 3.05) is 11.1 Å². The Bertz CT molecular complexity index is 1230. The monoisotopic (exact) mass is 508 g/mol. The Labute approximate surface area is 216 Å². The zero-order chi connectivity index (χ0) is 25.2. The number of thioether (sulfide) groups is 1. The van der Waals surface area contributed by atoms with Crippen molar-refractivity contribution in [2.45, 2.75) is 64.3 Å². The fourth-order valence-corrected chi connectivity index (χ4v) is 6.91. The van der Waals surface area contributed by atoms with Crippen molar-refractivity contribution in [3.05, 3.63) is 65.2 Å². The van der Waals surface area contributed by atoms with Crippen LogP contribution >= 0.6 is 11.8 Å². The molecule has 2 bridgehead atoms. The van der Waals surface area contributed by atoms with Gasteiger partial charge in [0.25, 0.3) is 0 Å². The number of hydrogen-bond acceptors (Lipinski definition) is 5. The van der Waals surface area contributed by atoms with Gasteiger partial charge in [-0.1, -0.05) is 36.4 Å². The fourth-order valence-electron chi connectivity index (χ4n) is 6.07. The number of carbonyl (C=O) groups excluding carboxylic acids is 1. The summed E-state index contributed by atoms with van der Waals surface area (Å²) in [5.41, 5.74) is 3.02. The van der Waals surface area contributed by atoms with Crippen LogP contribution in [0.1, 0.15) is 55.6 Å². The van der Waals surface area contributed by atoms with E-state index in [9.17, 15) is 9.18 Å². The quantitative estimate of drug-likeness (QED) is 0.342. The third-order valence-electron chi connectivity index (χ3n) is 7.59. The molecule has 3 aromatic rings. The molecule has 190 valence electrons. The molecule has 1 aromatic heterocycles. The number of nitrogens with one attached hydrogen (secondary N) is 1. The van der Waals surface area contributed by atoms with Gasteiger partial charge in [0, 0.05) is 11.7 Å². The molecular formula is C28H33FN4O2S. The summed E-state index contributed by atoms with van der Waals surface area (Å²) in [4.78, 5) is 12.7. The zero-order valence-corrected chi connectivity index (χ0v) is 21.9. The maximum Gasteiger partial charge on any atom is 0.234 e. The first-order valence-electron chi connectivity index (χ1n) is 12.7. The zero-order valence-electron chi connectivity index (χ0n) is 21.0. The minimum absolute atomic E-state index is 0.0868. The molecule has 1 amide bonds. The van der Waals surface area contributed by atoms with E-state index in [-0.39, 0.29) is 30.1 Å². The van der Waals surface area contributed by atoms with E-state index >= 15 is 0 Å². The Hall–Kier alpha value is -2.87. The van der Waals surface area contributed by atoms with Gasteiger partial charge < -0.3 is 10.1 Å². The lowest BCUT2D eigenvalue weighted by atomic mass is 9.84. The number of ether oxygens (including phenoxy) is 1. The van der Waals surface area contributed by atoms with Crippen LogP contribution in [0.2, 0.25) is 0 Å². The summed E-state index contributed by atoms with van der Waals surface area (Å²) in [5, 5.41) is 12.5. The van der Waals surface area contributed by atoms with Crippen LogP contribution in [0.3, 0.4) is 0 Å². The van der Waals surface area contributed by atoms with Gasteiger partial charge in [0.2, 0.25) is 5.91 Å². The molecule has 2 aromatic carbocycles. The number of fused-ring (bicyclic) bond motifs is 2. The molecule has 1 N–H and O–H groups in total. The maximum atomic E-state index is 14.1. The number of rotatable bonds is 9. The molecule has 0 unspecified atom stereocenters. The third kappa shape index (κ3) is 5.43. The summed E-state index contributed by atoms with van der Waals surface area (Å²) >= 11 is 1.38. The van der Waals surface area contributed by atoms with Crippen molar-refractivity contribution in [1.82, 2.24) is 14.8 Å². The topological polar surface area (TPSA) is 69.0 Å². The number of aryl methyl sites for hydroxylation is 2. The number of nitrogens with zero attached hydrogens (tertiary/aromatic N) is 3. The predicted molar refractivity (Wildman–Crippen MR) is 140 cm³/mol. The largest absolute Gasteiger partial charge is 0.483 e. The highest BCUT2D eigenvalue weighted by molar-refractivity contribution is 7.99. The Morgan fingerprint density at radius 3 is 2.64 bits per heavy atom. The number of carbonyl (C=O) groups is 1. The number of anilines is 1. The first kappa shape index (κ1) is 24.8. The van der Waals surface area contributed by atoms with Crippen molar-refractivity contribution in [2.24, 2.45) is 17.8 Å². The van der Waals surface area contributed by atoms with Crippen LogP contribution in [0, 0.1) is 37.4 Å². The van der Waals surface area contributed by atoms with Gasteiger partial charge in [-0.15, -0.1) is 10.2 Å². The molecular weight excluding hydrogens is 475 g/mol. The van der Waals surface area contributed by atoms with Crippen LogP contribution in [0.4, 0.5) is 10.1 Å². The van der Waals surface area contributed by atoms with Crippen LogP contribution in [0.25, 0.3) is 0 Å². The number of amides is 1. The molecule has 0 saturated heterocycles. The fraction of sp³-hybridized carbons (Fsp3) is 0.464. The number of hydrogen-bond donors (Lipinski definition) is 1. The molecule has 2 aliphatic rings.